The highest BCUT2D eigenvalue weighted by Crippen LogP contribution is 2.24. The molecule has 6 heteroatoms. The van der Waals surface area contributed by atoms with Crippen molar-refractivity contribution in [1.29, 1.82) is 0 Å². The van der Waals surface area contributed by atoms with Gasteiger partial charge in [-0.05, 0) is 43.9 Å². The van der Waals surface area contributed by atoms with Gasteiger partial charge in [-0.25, -0.2) is 4.68 Å². The molecule has 2 bridgehead atoms. The number of carbonyl (C=O) groups excluding carboxylic acids is 1. The third kappa shape index (κ3) is 3.18. The number of nitrogens with zero attached hydrogens (tertiary/aromatic N) is 3. The van der Waals surface area contributed by atoms with Crippen LogP contribution in [0.15, 0.2) is 30.5 Å². The lowest BCUT2D eigenvalue weighted by molar-refractivity contribution is 0.0747. The average Bonchev–Trinajstić information content (AvgIpc) is 3.17. The molecular weight excluding hydrogens is 336 g/mol. The van der Waals surface area contributed by atoms with Gasteiger partial charge in [0.2, 0.25) is 0 Å². The number of aromatic nitrogens is 2. The number of fused-ring (bicyclic) bond motifs is 2. The molecule has 4 rings (SSSR count). The lowest BCUT2D eigenvalue weighted by Gasteiger charge is -2.24. The second-order valence-corrected chi connectivity index (χ2v) is 7.36. The molecule has 2 fully saturated rings. The predicted octanol–water partition coefficient (Wildman–Crippen LogP) is 3.05. The molecule has 2 saturated heterocycles. The molecule has 1 aromatic heterocycles. The molecule has 1 aromatic carbocycles. The van der Waals surface area contributed by atoms with Crippen molar-refractivity contribution in [2.24, 2.45) is 0 Å². The molecular formula is C19H23ClN4O. The van der Waals surface area contributed by atoms with Gasteiger partial charge in [-0.3, -0.25) is 4.79 Å². The smallest absolute Gasteiger partial charge is 0.257 e. The third-order valence-electron chi connectivity index (χ3n) is 5.30. The number of amides is 1. The molecule has 1 amide bonds. The number of hydrogen-bond acceptors (Lipinski definition) is 3. The van der Waals surface area contributed by atoms with Gasteiger partial charge in [-0.2, -0.15) is 5.10 Å². The van der Waals surface area contributed by atoms with E-state index < -0.39 is 0 Å². The normalized spacial score (nSPS) is 22.9. The molecule has 132 valence electrons. The fourth-order valence-electron chi connectivity index (χ4n) is 4.02. The van der Waals surface area contributed by atoms with Crippen LogP contribution in [0.4, 0.5) is 0 Å². The summed E-state index contributed by atoms with van der Waals surface area (Å²) in [7, 11) is 0. The predicted molar refractivity (Wildman–Crippen MR) is 98.4 cm³/mol. The van der Waals surface area contributed by atoms with Crippen LogP contribution < -0.4 is 5.32 Å². The van der Waals surface area contributed by atoms with Crippen molar-refractivity contribution in [3.63, 3.8) is 0 Å². The van der Waals surface area contributed by atoms with Gasteiger partial charge in [0.15, 0.2) is 0 Å². The van der Waals surface area contributed by atoms with Crippen molar-refractivity contribution in [2.75, 3.05) is 13.1 Å². The van der Waals surface area contributed by atoms with E-state index in [4.69, 9.17) is 11.6 Å². The largest absolute Gasteiger partial charge is 0.337 e. The fraction of sp³-hybridized carbons (Fsp3) is 0.474. The molecule has 2 unspecified atom stereocenters. The molecule has 3 heterocycles. The summed E-state index contributed by atoms with van der Waals surface area (Å²) in [5.41, 5.74) is 2.54. The van der Waals surface area contributed by atoms with Crippen molar-refractivity contribution >= 4 is 17.5 Å². The Balaban J connectivity index is 1.63. The number of halogens is 1. The number of rotatable bonds is 3. The molecule has 5 nitrogen and oxygen atoms in total. The Morgan fingerprint density at radius 3 is 2.96 bits per heavy atom. The van der Waals surface area contributed by atoms with Crippen molar-refractivity contribution < 1.29 is 4.79 Å². The van der Waals surface area contributed by atoms with Gasteiger partial charge in [-0.15, -0.1) is 0 Å². The zero-order valence-electron chi connectivity index (χ0n) is 14.4. The first-order valence-corrected chi connectivity index (χ1v) is 9.41. The summed E-state index contributed by atoms with van der Waals surface area (Å²) in [6, 6.07) is 8.58. The second-order valence-electron chi connectivity index (χ2n) is 6.93. The first-order valence-electron chi connectivity index (χ1n) is 9.04. The fourth-order valence-corrected chi connectivity index (χ4v) is 4.21. The Hall–Kier alpha value is -1.85. The summed E-state index contributed by atoms with van der Waals surface area (Å²) in [5.74, 6) is 0.0967. The highest BCUT2D eigenvalue weighted by molar-refractivity contribution is 6.30. The Kier molecular flexibility index (Phi) is 4.52. The lowest BCUT2D eigenvalue weighted by atomic mass is 10.1. The zero-order chi connectivity index (χ0) is 17.4. The highest BCUT2D eigenvalue weighted by atomic mass is 35.5. The van der Waals surface area contributed by atoms with Gasteiger partial charge in [0.05, 0.1) is 23.1 Å². The van der Waals surface area contributed by atoms with E-state index in [0.29, 0.717) is 22.7 Å². The van der Waals surface area contributed by atoms with E-state index in [1.807, 2.05) is 33.8 Å². The minimum absolute atomic E-state index is 0.0967. The maximum absolute atomic E-state index is 13.1. The van der Waals surface area contributed by atoms with Crippen LogP contribution in [-0.2, 0) is 6.42 Å². The quantitative estimate of drug-likeness (QED) is 0.917. The van der Waals surface area contributed by atoms with Gasteiger partial charge in [0.25, 0.3) is 5.91 Å². The lowest BCUT2D eigenvalue weighted by Crippen LogP contribution is -2.39. The van der Waals surface area contributed by atoms with Crippen LogP contribution in [0.2, 0.25) is 5.02 Å². The molecule has 2 atom stereocenters. The second kappa shape index (κ2) is 6.81. The Morgan fingerprint density at radius 1 is 1.32 bits per heavy atom. The number of carbonyl (C=O) groups is 1. The van der Waals surface area contributed by atoms with Crippen LogP contribution in [0, 0.1) is 0 Å². The molecule has 2 aromatic rings. The maximum Gasteiger partial charge on any atom is 0.257 e. The molecule has 25 heavy (non-hydrogen) atoms. The van der Waals surface area contributed by atoms with E-state index in [1.54, 1.807) is 6.20 Å². The van der Waals surface area contributed by atoms with E-state index in [1.165, 1.54) is 6.42 Å². The molecule has 0 radical (unpaired) electrons. The molecule has 2 aliphatic rings. The van der Waals surface area contributed by atoms with Crippen LogP contribution in [0.25, 0.3) is 5.69 Å². The van der Waals surface area contributed by atoms with Gasteiger partial charge in [-0.1, -0.05) is 24.6 Å². The van der Waals surface area contributed by atoms with Crippen LogP contribution in [0.1, 0.15) is 42.2 Å². The topological polar surface area (TPSA) is 50.2 Å². The van der Waals surface area contributed by atoms with Gasteiger partial charge >= 0.3 is 0 Å². The van der Waals surface area contributed by atoms with Gasteiger partial charge in [0.1, 0.15) is 0 Å². The minimum Gasteiger partial charge on any atom is -0.337 e. The summed E-state index contributed by atoms with van der Waals surface area (Å²) < 4.78 is 1.83. The van der Waals surface area contributed by atoms with Crippen LogP contribution in [-0.4, -0.2) is 45.8 Å². The molecule has 2 aliphatic heterocycles. The number of hydrogen-bond donors (Lipinski definition) is 1. The summed E-state index contributed by atoms with van der Waals surface area (Å²) in [6.07, 6.45) is 5.88. The molecule has 0 spiro atoms. The van der Waals surface area contributed by atoms with Crippen LogP contribution in [0.3, 0.4) is 0 Å². The average molecular weight is 359 g/mol. The summed E-state index contributed by atoms with van der Waals surface area (Å²) in [4.78, 5) is 15.1. The molecule has 0 saturated carbocycles. The molecule has 0 aliphatic carbocycles. The van der Waals surface area contributed by atoms with E-state index >= 15 is 0 Å². The van der Waals surface area contributed by atoms with Crippen molar-refractivity contribution in [3.05, 3.63) is 46.7 Å². The van der Waals surface area contributed by atoms with E-state index in [0.717, 1.165) is 43.7 Å². The van der Waals surface area contributed by atoms with Crippen molar-refractivity contribution in [2.45, 2.75) is 44.7 Å². The highest BCUT2D eigenvalue weighted by Gasteiger charge is 2.32. The maximum atomic E-state index is 13.1. The Morgan fingerprint density at radius 2 is 2.16 bits per heavy atom. The first-order chi connectivity index (χ1) is 12.2. The zero-order valence-corrected chi connectivity index (χ0v) is 15.2. The summed E-state index contributed by atoms with van der Waals surface area (Å²) in [6.45, 7) is 3.67. The summed E-state index contributed by atoms with van der Waals surface area (Å²) in [5, 5.41) is 8.77. The molecule has 1 N–H and O–H groups in total. The Bertz CT molecular complexity index is 787. The SMILES string of the molecule is CCc1c(C(=O)N2CCC3CCC(C2)N3)cnn1-c1cccc(Cl)c1. The minimum atomic E-state index is 0.0967. The first kappa shape index (κ1) is 16.6. The third-order valence-corrected chi connectivity index (χ3v) is 5.53. The van der Waals surface area contributed by atoms with Gasteiger partial charge < -0.3 is 10.2 Å². The van der Waals surface area contributed by atoms with E-state index in [-0.39, 0.29) is 5.91 Å². The standard InChI is InChI=1S/C19H23ClN4O/c1-2-18-17(11-21-24(18)16-5-3-4-13(20)10-16)19(25)23-9-8-14-6-7-15(12-23)22-14/h3-5,10-11,14-15,22H,2,6-9,12H2,1H3. The number of likely N-dealkylation sites (tertiary alicyclic amines) is 1. The van der Waals surface area contributed by atoms with Gasteiger partial charge in [0, 0.05) is 30.2 Å². The van der Waals surface area contributed by atoms with Crippen LogP contribution in [0.5, 0.6) is 0 Å². The van der Waals surface area contributed by atoms with E-state index in [9.17, 15) is 4.79 Å². The van der Waals surface area contributed by atoms with Crippen molar-refractivity contribution in [3.8, 4) is 5.69 Å². The monoisotopic (exact) mass is 358 g/mol. The van der Waals surface area contributed by atoms with Crippen molar-refractivity contribution in [1.82, 2.24) is 20.0 Å². The number of nitrogens with one attached hydrogen (secondary N) is 1. The van der Waals surface area contributed by atoms with E-state index in [2.05, 4.69) is 17.3 Å². The number of benzene rings is 1. The van der Waals surface area contributed by atoms with Crippen LogP contribution >= 0.6 is 11.6 Å². The summed E-state index contributed by atoms with van der Waals surface area (Å²) >= 11 is 6.11. The Labute approximate surface area is 153 Å².